The molecule has 148 valence electrons. The first-order valence-electron chi connectivity index (χ1n) is 10.6. The van der Waals surface area contributed by atoms with Gasteiger partial charge in [-0.1, -0.05) is 93.8 Å². The van der Waals surface area contributed by atoms with Crippen LogP contribution < -0.4 is 0 Å². The number of nitrogens with zero attached hydrogens (tertiary/aromatic N) is 1. The van der Waals surface area contributed by atoms with Gasteiger partial charge in [0.15, 0.2) is 5.78 Å². The van der Waals surface area contributed by atoms with Crippen LogP contribution in [0.15, 0.2) is 54.7 Å². The minimum Gasteiger partial charge on any atom is -0.347 e. The number of unbranched alkanes of at least 4 members (excludes halogenated alkanes) is 7. The lowest BCUT2D eigenvalue weighted by Gasteiger charge is -2.05. The van der Waals surface area contributed by atoms with Crippen LogP contribution in [0.4, 0.5) is 0 Å². The van der Waals surface area contributed by atoms with Gasteiger partial charge < -0.3 is 4.57 Å². The molecule has 0 N–H and O–H groups in total. The number of aryl methyl sites for hydroxylation is 1. The topological polar surface area (TPSA) is 22.0 Å². The monoisotopic (exact) mass is 395 g/mol. The summed E-state index contributed by atoms with van der Waals surface area (Å²) >= 11 is 6.26. The number of ketones is 1. The molecule has 0 bridgehead atoms. The minimum absolute atomic E-state index is 0.00326. The molecule has 0 fully saturated rings. The number of aromatic nitrogens is 1. The molecule has 3 heteroatoms. The van der Waals surface area contributed by atoms with Gasteiger partial charge in [-0.05, 0) is 24.6 Å². The number of hydrogen-bond donors (Lipinski definition) is 0. The molecule has 0 aliphatic carbocycles. The average Bonchev–Trinajstić information content (AvgIpc) is 3.09. The highest BCUT2D eigenvalue weighted by molar-refractivity contribution is 6.35. The summed E-state index contributed by atoms with van der Waals surface area (Å²) in [7, 11) is 0. The van der Waals surface area contributed by atoms with E-state index in [9.17, 15) is 4.79 Å². The highest BCUT2D eigenvalue weighted by Gasteiger charge is 2.18. The van der Waals surface area contributed by atoms with Crippen molar-refractivity contribution in [3.05, 3.63) is 70.9 Å². The molecule has 0 radical (unpaired) electrons. The van der Waals surface area contributed by atoms with Gasteiger partial charge in [0.2, 0.25) is 0 Å². The van der Waals surface area contributed by atoms with Crippen molar-refractivity contribution in [3.63, 3.8) is 0 Å². The van der Waals surface area contributed by atoms with Crippen molar-refractivity contribution in [2.45, 2.75) is 64.8 Å². The summed E-state index contributed by atoms with van der Waals surface area (Å²) in [6.07, 6.45) is 12.4. The molecule has 0 unspecified atom stereocenters. The van der Waals surface area contributed by atoms with Crippen molar-refractivity contribution in [2.24, 2.45) is 0 Å². The second-order valence-corrected chi connectivity index (χ2v) is 7.94. The summed E-state index contributed by atoms with van der Waals surface area (Å²) < 4.78 is 2.23. The molecule has 1 heterocycles. The van der Waals surface area contributed by atoms with Gasteiger partial charge in [0, 0.05) is 34.8 Å². The molecular formula is C25H30ClNO. The van der Waals surface area contributed by atoms with Gasteiger partial charge in [0.05, 0.1) is 5.02 Å². The summed E-state index contributed by atoms with van der Waals surface area (Å²) in [5.74, 6) is -0.00326. The summed E-state index contributed by atoms with van der Waals surface area (Å²) in [4.78, 5) is 13.1. The Morgan fingerprint density at radius 3 is 2.21 bits per heavy atom. The molecule has 3 aromatic rings. The number of carbonyl (C=O) groups excluding carboxylic acids is 1. The summed E-state index contributed by atoms with van der Waals surface area (Å²) in [5, 5.41) is 1.51. The molecule has 0 saturated heterocycles. The fraction of sp³-hybridized carbons (Fsp3) is 0.400. The predicted octanol–water partition coefficient (Wildman–Crippen LogP) is 7.67. The second kappa shape index (κ2) is 10.5. The van der Waals surface area contributed by atoms with E-state index < -0.39 is 0 Å². The third-order valence-electron chi connectivity index (χ3n) is 5.40. The first-order valence-corrected chi connectivity index (χ1v) is 11.0. The largest absolute Gasteiger partial charge is 0.347 e. The zero-order valence-electron chi connectivity index (χ0n) is 16.8. The summed E-state index contributed by atoms with van der Waals surface area (Å²) in [6, 6.07) is 15.4. The van der Waals surface area contributed by atoms with E-state index in [1.54, 1.807) is 12.1 Å². The van der Waals surface area contributed by atoms with Gasteiger partial charge in [-0.25, -0.2) is 0 Å². The fourth-order valence-electron chi connectivity index (χ4n) is 3.82. The van der Waals surface area contributed by atoms with E-state index in [0.29, 0.717) is 10.6 Å². The van der Waals surface area contributed by atoms with Crippen molar-refractivity contribution in [1.82, 2.24) is 4.57 Å². The van der Waals surface area contributed by atoms with Gasteiger partial charge in [-0.2, -0.15) is 0 Å². The predicted molar refractivity (Wildman–Crippen MR) is 119 cm³/mol. The molecule has 1 aromatic heterocycles. The summed E-state index contributed by atoms with van der Waals surface area (Å²) in [5.41, 5.74) is 2.43. The van der Waals surface area contributed by atoms with Crippen LogP contribution >= 0.6 is 11.6 Å². The maximum absolute atomic E-state index is 13.1. The van der Waals surface area contributed by atoms with Crippen molar-refractivity contribution in [1.29, 1.82) is 0 Å². The maximum atomic E-state index is 13.1. The fourth-order valence-corrected chi connectivity index (χ4v) is 4.04. The zero-order valence-corrected chi connectivity index (χ0v) is 17.5. The molecule has 0 amide bonds. The first kappa shape index (κ1) is 20.7. The Hall–Kier alpha value is -2.06. The van der Waals surface area contributed by atoms with E-state index in [4.69, 9.17) is 11.6 Å². The Morgan fingerprint density at radius 1 is 0.821 bits per heavy atom. The Morgan fingerprint density at radius 2 is 1.46 bits per heavy atom. The van der Waals surface area contributed by atoms with Gasteiger partial charge in [0.1, 0.15) is 0 Å². The molecule has 28 heavy (non-hydrogen) atoms. The molecule has 0 saturated carbocycles. The smallest absolute Gasteiger partial charge is 0.196 e. The third kappa shape index (κ3) is 5.05. The van der Waals surface area contributed by atoms with Crippen LogP contribution in [0.1, 0.15) is 74.2 Å². The van der Waals surface area contributed by atoms with Gasteiger partial charge in [0.25, 0.3) is 0 Å². The normalized spacial score (nSPS) is 11.2. The Balaban J connectivity index is 1.68. The lowest BCUT2D eigenvalue weighted by atomic mass is 10.0. The molecule has 2 aromatic carbocycles. The molecule has 0 aliphatic rings. The molecule has 0 atom stereocenters. The van der Waals surface area contributed by atoms with Crippen LogP contribution in [-0.4, -0.2) is 10.4 Å². The molecular weight excluding hydrogens is 366 g/mol. The van der Waals surface area contributed by atoms with E-state index in [2.05, 4.69) is 17.6 Å². The molecule has 0 spiro atoms. The Bertz CT molecular complexity index is 912. The number of rotatable bonds is 11. The standard InChI is InChI=1S/C25H30ClNO/c1-2-3-4-5-6-7-8-13-18-27-19-22(20-14-10-12-17-24(20)27)25(28)21-15-9-11-16-23(21)26/h9-12,14-17,19H,2-8,13,18H2,1H3. The summed E-state index contributed by atoms with van der Waals surface area (Å²) in [6.45, 7) is 3.21. The van der Waals surface area contributed by atoms with Crippen LogP contribution in [0, 0.1) is 0 Å². The highest BCUT2D eigenvalue weighted by Crippen LogP contribution is 2.27. The maximum Gasteiger partial charge on any atom is 0.196 e. The number of benzene rings is 2. The Labute approximate surface area is 173 Å². The number of hydrogen-bond acceptors (Lipinski definition) is 1. The lowest BCUT2D eigenvalue weighted by Crippen LogP contribution is -2.02. The van der Waals surface area contributed by atoms with E-state index in [0.717, 1.165) is 29.4 Å². The second-order valence-electron chi connectivity index (χ2n) is 7.54. The SMILES string of the molecule is CCCCCCCCCCn1cc(C(=O)c2ccccc2Cl)c2ccccc21. The number of carbonyl (C=O) groups is 1. The first-order chi connectivity index (χ1) is 13.7. The zero-order chi connectivity index (χ0) is 19.8. The quantitative estimate of drug-likeness (QED) is 0.241. The van der Waals surface area contributed by atoms with Crippen LogP contribution in [0.25, 0.3) is 10.9 Å². The average molecular weight is 396 g/mol. The van der Waals surface area contributed by atoms with Crippen LogP contribution in [0.2, 0.25) is 5.02 Å². The van der Waals surface area contributed by atoms with Gasteiger partial charge in [-0.3, -0.25) is 4.79 Å². The van der Waals surface area contributed by atoms with Crippen LogP contribution in [-0.2, 0) is 6.54 Å². The number of halogens is 1. The van der Waals surface area contributed by atoms with Crippen molar-refractivity contribution in [3.8, 4) is 0 Å². The minimum atomic E-state index is -0.00326. The highest BCUT2D eigenvalue weighted by atomic mass is 35.5. The van der Waals surface area contributed by atoms with Crippen LogP contribution in [0.3, 0.4) is 0 Å². The van der Waals surface area contributed by atoms with E-state index in [-0.39, 0.29) is 5.78 Å². The van der Waals surface area contributed by atoms with E-state index >= 15 is 0 Å². The van der Waals surface area contributed by atoms with Gasteiger partial charge >= 0.3 is 0 Å². The van der Waals surface area contributed by atoms with Crippen LogP contribution in [0.5, 0.6) is 0 Å². The molecule has 2 nitrogen and oxygen atoms in total. The Kier molecular flexibility index (Phi) is 7.73. The van der Waals surface area contributed by atoms with Crippen molar-refractivity contribution >= 4 is 28.3 Å². The van der Waals surface area contributed by atoms with E-state index in [1.807, 2.05) is 36.5 Å². The van der Waals surface area contributed by atoms with Crippen molar-refractivity contribution < 1.29 is 4.79 Å². The van der Waals surface area contributed by atoms with Gasteiger partial charge in [-0.15, -0.1) is 0 Å². The number of fused-ring (bicyclic) bond motifs is 1. The molecule has 0 aliphatic heterocycles. The lowest BCUT2D eigenvalue weighted by molar-refractivity contribution is 0.104. The third-order valence-corrected chi connectivity index (χ3v) is 5.73. The molecule has 3 rings (SSSR count). The number of para-hydroxylation sites is 1. The van der Waals surface area contributed by atoms with Crippen molar-refractivity contribution in [2.75, 3.05) is 0 Å². The van der Waals surface area contributed by atoms with E-state index in [1.165, 1.54) is 44.9 Å².